The molecule has 3 aromatic rings. The molecule has 0 aliphatic rings. The Morgan fingerprint density at radius 3 is 2.85 bits per heavy atom. The van der Waals surface area contributed by atoms with Crippen molar-refractivity contribution >= 4 is 16.9 Å². The van der Waals surface area contributed by atoms with Crippen LogP contribution in [0.4, 0.5) is 5.82 Å². The molecule has 0 aliphatic carbocycles. The lowest BCUT2D eigenvalue weighted by Crippen LogP contribution is -2.08. The lowest BCUT2D eigenvalue weighted by atomic mass is 10.2. The number of H-pyrrole nitrogens is 1. The minimum absolute atomic E-state index is 0.633. The Morgan fingerprint density at radius 2 is 2.05 bits per heavy atom. The summed E-state index contributed by atoms with van der Waals surface area (Å²) in [7, 11) is 1.68. The van der Waals surface area contributed by atoms with E-state index < -0.39 is 0 Å². The van der Waals surface area contributed by atoms with Gasteiger partial charge in [0.05, 0.1) is 12.1 Å². The Bertz CT molecular complexity index is 693. The van der Waals surface area contributed by atoms with Crippen LogP contribution in [0.1, 0.15) is 0 Å². The molecular formula is C15H16N4O. The Labute approximate surface area is 117 Å². The third kappa shape index (κ3) is 2.48. The second-order valence-corrected chi connectivity index (χ2v) is 4.43. The van der Waals surface area contributed by atoms with E-state index in [1.54, 1.807) is 13.3 Å². The van der Waals surface area contributed by atoms with Crippen molar-refractivity contribution in [3.63, 3.8) is 0 Å². The zero-order valence-corrected chi connectivity index (χ0v) is 11.3. The summed E-state index contributed by atoms with van der Waals surface area (Å²) < 4.78 is 5.03. The molecule has 1 aromatic carbocycles. The van der Waals surface area contributed by atoms with Gasteiger partial charge in [-0.05, 0) is 6.07 Å². The number of benzene rings is 1. The van der Waals surface area contributed by atoms with Gasteiger partial charge in [0.25, 0.3) is 0 Å². The zero-order valence-electron chi connectivity index (χ0n) is 11.3. The number of methoxy groups -OCH3 is 1. The number of fused-ring (bicyclic) bond motifs is 1. The summed E-state index contributed by atoms with van der Waals surface area (Å²) in [5.74, 6) is 1.63. The van der Waals surface area contributed by atoms with Gasteiger partial charge in [-0.2, -0.15) is 0 Å². The second kappa shape index (κ2) is 5.71. The van der Waals surface area contributed by atoms with Crippen molar-refractivity contribution in [3.8, 4) is 11.4 Å². The smallest absolute Gasteiger partial charge is 0.154 e. The number of imidazole rings is 1. The van der Waals surface area contributed by atoms with Gasteiger partial charge in [-0.15, -0.1) is 0 Å². The van der Waals surface area contributed by atoms with Crippen molar-refractivity contribution in [2.75, 3.05) is 25.6 Å². The van der Waals surface area contributed by atoms with E-state index in [0.29, 0.717) is 13.2 Å². The highest BCUT2D eigenvalue weighted by atomic mass is 16.5. The van der Waals surface area contributed by atoms with Crippen LogP contribution in [-0.4, -0.2) is 35.2 Å². The van der Waals surface area contributed by atoms with Gasteiger partial charge in [0.1, 0.15) is 11.3 Å². The van der Waals surface area contributed by atoms with Crippen molar-refractivity contribution in [2.45, 2.75) is 0 Å². The largest absolute Gasteiger partial charge is 0.383 e. The van der Waals surface area contributed by atoms with Gasteiger partial charge in [-0.25, -0.2) is 9.97 Å². The molecule has 3 rings (SSSR count). The summed E-state index contributed by atoms with van der Waals surface area (Å²) in [5, 5.41) is 3.23. The van der Waals surface area contributed by atoms with E-state index >= 15 is 0 Å². The number of hydrogen-bond acceptors (Lipinski definition) is 4. The molecule has 2 aromatic heterocycles. The normalized spacial score (nSPS) is 10.8. The highest BCUT2D eigenvalue weighted by Gasteiger charge is 2.09. The van der Waals surface area contributed by atoms with E-state index in [0.717, 1.165) is 28.2 Å². The zero-order chi connectivity index (χ0) is 13.8. The average molecular weight is 268 g/mol. The fourth-order valence-electron chi connectivity index (χ4n) is 2.07. The molecule has 0 fully saturated rings. The summed E-state index contributed by atoms with van der Waals surface area (Å²) in [5.41, 5.74) is 2.88. The molecule has 0 unspecified atom stereocenters. The third-order valence-electron chi connectivity index (χ3n) is 3.05. The molecular weight excluding hydrogens is 252 g/mol. The molecule has 0 amide bonds. The molecule has 0 radical (unpaired) electrons. The number of nitrogens with zero attached hydrogens (tertiary/aromatic N) is 2. The minimum Gasteiger partial charge on any atom is -0.383 e. The van der Waals surface area contributed by atoms with Crippen molar-refractivity contribution in [1.82, 2.24) is 15.0 Å². The number of aromatic amines is 1. The lowest BCUT2D eigenvalue weighted by molar-refractivity contribution is 0.210. The fraction of sp³-hybridized carbons (Fsp3) is 0.200. The average Bonchev–Trinajstić information content (AvgIpc) is 2.93. The second-order valence-electron chi connectivity index (χ2n) is 4.43. The minimum atomic E-state index is 0.633. The summed E-state index contributed by atoms with van der Waals surface area (Å²) in [4.78, 5) is 12.3. The number of anilines is 1. The number of nitrogens with one attached hydrogen (secondary N) is 2. The summed E-state index contributed by atoms with van der Waals surface area (Å²) in [6, 6.07) is 12.0. The molecule has 0 bridgehead atoms. The van der Waals surface area contributed by atoms with E-state index in [9.17, 15) is 0 Å². The van der Waals surface area contributed by atoms with Crippen LogP contribution < -0.4 is 5.32 Å². The van der Waals surface area contributed by atoms with Crippen LogP contribution in [0.5, 0.6) is 0 Å². The van der Waals surface area contributed by atoms with Gasteiger partial charge in [0.15, 0.2) is 5.82 Å². The molecule has 0 aliphatic heterocycles. The van der Waals surface area contributed by atoms with Crippen LogP contribution in [0.2, 0.25) is 0 Å². The predicted molar refractivity (Wildman–Crippen MR) is 79.7 cm³/mol. The maximum atomic E-state index is 5.03. The molecule has 5 nitrogen and oxygen atoms in total. The summed E-state index contributed by atoms with van der Waals surface area (Å²) >= 11 is 0. The molecule has 0 spiro atoms. The first-order valence-electron chi connectivity index (χ1n) is 6.51. The Kier molecular flexibility index (Phi) is 3.60. The molecule has 2 N–H and O–H groups in total. The van der Waals surface area contributed by atoms with E-state index in [1.807, 2.05) is 36.4 Å². The highest BCUT2D eigenvalue weighted by molar-refractivity contribution is 5.88. The first-order chi connectivity index (χ1) is 9.88. The van der Waals surface area contributed by atoms with E-state index in [-0.39, 0.29) is 0 Å². The molecule has 20 heavy (non-hydrogen) atoms. The fourth-order valence-corrected chi connectivity index (χ4v) is 2.07. The lowest BCUT2D eigenvalue weighted by Gasteiger charge is -2.04. The molecule has 0 atom stereocenters. The van der Waals surface area contributed by atoms with E-state index in [4.69, 9.17) is 4.74 Å². The van der Waals surface area contributed by atoms with Crippen LogP contribution in [0.15, 0.2) is 42.6 Å². The standard InChI is InChI=1S/C15H16N4O/c1-20-10-9-17-15-13-12(7-8-16-15)18-14(19-13)11-5-3-2-4-6-11/h2-8H,9-10H2,1H3,(H,16,17)(H,18,19). The van der Waals surface area contributed by atoms with Crippen LogP contribution in [0, 0.1) is 0 Å². The Hall–Kier alpha value is -2.40. The first kappa shape index (κ1) is 12.6. The summed E-state index contributed by atoms with van der Waals surface area (Å²) in [6.07, 6.45) is 1.77. The maximum absolute atomic E-state index is 5.03. The van der Waals surface area contributed by atoms with Gasteiger partial charge in [-0.3, -0.25) is 0 Å². The van der Waals surface area contributed by atoms with Gasteiger partial charge < -0.3 is 15.0 Å². The van der Waals surface area contributed by atoms with Crippen molar-refractivity contribution < 1.29 is 4.74 Å². The number of ether oxygens (including phenoxy) is 1. The van der Waals surface area contributed by atoms with Crippen molar-refractivity contribution in [3.05, 3.63) is 42.6 Å². The van der Waals surface area contributed by atoms with Gasteiger partial charge >= 0.3 is 0 Å². The molecule has 5 heteroatoms. The van der Waals surface area contributed by atoms with Crippen molar-refractivity contribution in [1.29, 1.82) is 0 Å². The molecule has 0 saturated carbocycles. The van der Waals surface area contributed by atoms with Crippen LogP contribution in [-0.2, 0) is 4.74 Å². The van der Waals surface area contributed by atoms with Crippen LogP contribution >= 0.6 is 0 Å². The maximum Gasteiger partial charge on any atom is 0.154 e. The number of hydrogen-bond donors (Lipinski definition) is 2. The number of pyridine rings is 1. The monoisotopic (exact) mass is 268 g/mol. The highest BCUT2D eigenvalue weighted by Crippen LogP contribution is 2.23. The van der Waals surface area contributed by atoms with Crippen LogP contribution in [0.25, 0.3) is 22.4 Å². The topological polar surface area (TPSA) is 62.8 Å². The van der Waals surface area contributed by atoms with E-state index in [1.165, 1.54) is 0 Å². The number of aromatic nitrogens is 3. The predicted octanol–water partition coefficient (Wildman–Crippen LogP) is 2.68. The summed E-state index contributed by atoms with van der Waals surface area (Å²) in [6.45, 7) is 1.34. The Balaban J connectivity index is 1.96. The van der Waals surface area contributed by atoms with Gasteiger partial charge in [0.2, 0.25) is 0 Å². The molecule has 0 saturated heterocycles. The quantitative estimate of drug-likeness (QED) is 0.698. The molecule has 102 valence electrons. The Morgan fingerprint density at radius 1 is 1.20 bits per heavy atom. The van der Waals surface area contributed by atoms with Gasteiger partial charge in [-0.1, -0.05) is 30.3 Å². The third-order valence-corrected chi connectivity index (χ3v) is 3.05. The van der Waals surface area contributed by atoms with Crippen molar-refractivity contribution in [2.24, 2.45) is 0 Å². The number of rotatable bonds is 5. The molecule has 2 heterocycles. The SMILES string of the molecule is COCCNc1nccc2[nH]c(-c3ccccc3)nc12. The first-order valence-corrected chi connectivity index (χ1v) is 6.51. The van der Waals surface area contributed by atoms with E-state index in [2.05, 4.69) is 20.3 Å². The van der Waals surface area contributed by atoms with Gasteiger partial charge in [0, 0.05) is 25.4 Å². The van der Waals surface area contributed by atoms with Crippen LogP contribution in [0.3, 0.4) is 0 Å².